The van der Waals surface area contributed by atoms with E-state index in [2.05, 4.69) is 43.0 Å². The molecule has 2 heterocycles. The van der Waals surface area contributed by atoms with E-state index in [1.54, 1.807) is 0 Å². The van der Waals surface area contributed by atoms with Crippen LogP contribution in [0.3, 0.4) is 0 Å². The first-order valence-electron chi connectivity index (χ1n) is 7.78. The van der Waals surface area contributed by atoms with E-state index in [9.17, 15) is 4.79 Å². The molecular formula is C17H24N2O2. The number of rotatable bonds is 1. The van der Waals surface area contributed by atoms with Gasteiger partial charge in [0.05, 0.1) is 12.6 Å². The van der Waals surface area contributed by atoms with Gasteiger partial charge in [0.2, 0.25) is 0 Å². The summed E-state index contributed by atoms with van der Waals surface area (Å²) in [7, 11) is 0. The number of amides is 1. The van der Waals surface area contributed by atoms with Crippen molar-refractivity contribution >= 4 is 6.09 Å². The zero-order valence-electron chi connectivity index (χ0n) is 13.1. The topological polar surface area (TPSA) is 32.8 Å². The van der Waals surface area contributed by atoms with Crippen molar-refractivity contribution in [3.05, 3.63) is 35.4 Å². The van der Waals surface area contributed by atoms with Gasteiger partial charge in [0.15, 0.2) is 0 Å². The van der Waals surface area contributed by atoms with Crippen LogP contribution in [0.1, 0.15) is 37.9 Å². The third kappa shape index (κ3) is 2.53. The van der Waals surface area contributed by atoms with E-state index in [1.807, 2.05) is 11.8 Å². The minimum Gasteiger partial charge on any atom is -0.450 e. The summed E-state index contributed by atoms with van der Waals surface area (Å²) < 4.78 is 5.16. The Bertz CT molecular complexity index is 541. The molecule has 1 amide bonds. The second kappa shape index (κ2) is 5.34. The lowest BCUT2D eigenvalue weighted by atomic mass is 9.75. The summed E-state index contributed by atoms with van der Waals surface area (Å²) in [6.07, 6.45) is -0.181. The predicted octanol–water partition coefficient (Wildman–Crippen LogP) is 2.79. The normalized spacial score (nSPS) is 24.1. The van der Waals surface area contributed by atoms with E-state index >= 15 is 0 Å². The molecular weight excluding hydrogens is 264 g/mol. The quantitative estimate of drug-likeness (QED) is 0.796. The zero-order chi connectivity index (χ0) is 15.0. The van der Waals surface area contributed by atoms with Gasteiger partial charge in [0, 0.05) is 31.6 Å². The van der Waals surface area contributed by atoms with Gasteiger partial charge in [-0.3, -0.25) is 4.90 Å². The van der Waals surface area contributed by atoms with Crippen LogP contribution in [0, 0.1) is 0 Å². The van der Waals surface area contributed by atoms with Gasteiger partial charge < -0.3 is 9.64 Å². The van der Waals surface area contributed by atoms with Gasteiger partial charge in [-0.1, -0.05) is 38.1 Å². The fraction of sp³-hybridized carbons (Fsp3) is 0.588. The highest BCUT2D eigenvalue weighted by atomic mass is 16.6. The molecule has 0 bridgehead atoms. The van der Waals surface area contributed by atoms with Crippen LogP contribution >= 0.6 is 0 Å². The van der Waals surface area contributed by atoms with Crippen LogP contribution in [0.4, 0.5) is 4.79 Å². The van der Waals surface area contributed by atoms with Crippen molar-refractivity contribution in [3.63, 3.8) is 0 Å². The molecule has 1 atom stereocenters. The van der Waals surface area contributed by atoms with Crippen molar-refractivity contribution in [1.29, 1.82) is 0 Å². The Kier molecular flexibility index (Phi) is 3.66. The van der Waals surface area contributed by atoms with Gasteiger partial charge in [-0.15, -0.1) is 0 Å². The van der Waals surface area contributed by atoms with Gasteiger partial charge in [-0.05, 0) is 18.1 Å². The molecule has 0 aliphatic carbocycles. The highest BCUT2D eigenvalue weighted by molar-refractivity contribution is 5.68. The van der Waals surface area contributed by atoms with Crippen molar-refractivity contribution in [3.8, 4) is 0 Å². The maximum absolute atomic E-state index is 12.0. The molecule has 0 N–H and O–H groups in total. The van der Waals surface area contributed by atoms with Crippen LogP contribution in [0.15, 0.2) is 24.3 Å². The number of fused-ring (bicyclic) bond motifs is 3. The second-order valence-corrected chi connectivity index (χ2v) is 6.60. The van der Waals surface area contributed by atoms with Crippen LogP contribution in [-0.4, -0.2) is 48.7 Å². The van der Waals surface area contributed by atoms with E-state index in [-0.39, 0.29) is 11.5 Å². The Morgan fingerprint density at radius 2 is 2.10 bits per heavy atom. The molecule has 2 aliphatic heterocycles. The van der Waals surface area contributed by atoms with Gasteiger partial charge >= 0.3 is 6.09 Å². The van der Waals surface area contributed by atoms with E-state index in [0.717, 1.165) is 26.2 Å². The van der Waals surface area contributed by atoms with Crippen molar-refractivity contribution in [2.75, 3.05) is 32.8 Å². The average molecular weight is 288 g/mol. The molecule has 1 unspecified atom stereocenters. The largest absolute Gasteiger partial charge is 0.450 e. The van der Waals surface area contributed by atoms with Crippen molar-refractivity contribution in [2.45, 2.75) is 32.2 Å². The molecule has 21 heavy (non-hydrogen) atoms. The zero-order valence-corrected chi connectivity index (χ0v) is 13.1. The van der Waals surface area contributed by atoms with Crippen LogP contribution in [0.2, 0.25) is 0 Å². The molecule has 0 radical (unpaired) electrons. The Morgan fingerprint density at radius 1 is 1.33 bits per heavy atom. The first-order chi connectivity index (χ1) is 10.0. The number of hydrogen-bond donors (Lipinski definition) is 0. The van der Waals surface area contributed by atoms with Crippen LogP contribution in [0.25, 0.3) is 0 Å². The van der Waals surface area contributed by atoms with Crippen LogP contribution in [-0.2, 0) is 10.2 Å². The third-order valence-electron chi connectivity index (χ3n) is 4.66. The SMILES string of the molecule is CCOC(=O)N1CCN2CC(C)(C)c3ccccc3C2C1. The Morgan fingerprint density at radius 3 is 2.86 bits per heavy atom. The molecule has 0 aromatic heterocycles. The lowest BCUT2D eigenvalue weighted by molar-refractivity contribution is 0.0355. The maximum atomic E-state index is 12.0. The van der Waals surface area contributed by atoms with E-state index in [1.165, 1.54) is 11.1 Å². The first-order valence-corrected chi connectivity index (χ1v) is 7.78. The van der Waals surface area contributed by atoms with Crippen LogP contribution in [0.5, 0.6) is 0 Å². The van der Waals surface area contributed by atoms with E-state index in [4.69, 9.17) is 4.74 Å². The van der Waals surface area contributed by atoms with Gasteiger partial charge in [-0.2, -0.15) is 0 Å². The Labute approximate surface area is 126 Å². The number of nitrogens with zero attached hydrogens (tertiary/aromatic N) is 2. The standard InChI is InChI=1S/C17H24N2O2/c1-4-21-16(20)18-9-10-19-12-17(2,3)14-8-6-5-7-13(14)15(19)11-18/h5-8,15H,4,9-12H2,1-3H3. The van der Waals surface area contributed by atoms with Gasteiger partial charge in [0.1, 0.15) is 0 Å². The molecule has 1 aromatic carbocycles. The molecule has 3 rings (SSSR count). The number of carbonyl (C=O) groups is 1. The monoisotopic (exact) mass is 288 g/mol. The highest BCUT2D eigenvalue weighted by Crippen LogP contribution is 2.40. The molecule has 114 valence electrons. The van der Waals surface area contributed by atoms with Crippen LogP contribution < -0.4 is 0 Å². The highest BCUT2D eigenvalue weighted by Gasteiger charge is 2.41. The fourth-order valence-electron chi connectivity index (χ4n) is 3.68. The van der Waals surface area contributed by atoms with E-state index < -0.39 is 0 Å². The lowest BCUT2D eigenvalue weighted by Gasteiger charge is -2.49. The summed E-state index contributed by atoms with van der Waals surface area (Å²) in [5.74, 6) is 0. The molecule has 0 spiro atoms. The molecule has 1 aromatic rings. The van der Waals surface area contributed by atoms with Crippen molar-refractivity contribution < 1.29 is 9.53 Å². The second-order valence-electron chi connectivity index (χ2n) is 6.60. The number of benzene rings is 1. The third-order valence-corrected chi connectivity index (χ3v) is 4.66. The Hall–Kier alpha value is -1.55. The summed E-state index contributed by atoms with van der Waals surface area (Å²) in [5, 5.41) is 0. The number of ether oxygens (including phenoxy) is 1. The van der Waals surface area contributed by atoms with Gasteiger partial charge in [-0.25, -0.2) is 4.79 Å². The first kappa shape index (κ1) is 14.4. The molecule has 4 nitrogen and oxygen atoms in total. The molecule has 1 saturated heterocycles. The Balaban J connectivity index is 1.89. The fourth-order valence-corrected chi connectivity index (χ4v) is 3.68. The van der Waals surface area contributed by atoms with Gasteiger partial charge in [0.25, 0.3) is 0 Å². The minimum atomic E-state index is -0.181. The summed E-state index contributed by atoms with van der Waals surface area (Å²) in [6.45, 7) is 10.4. The summed E-state index contributed by atoms with van der Waals surface area (Å²) in [5.41, 5.74) is 2.94. The van der Waals surface area contributed by atoms with E-state index in [0.29, 0.717) is 12.6 Å². The number of carbonyl (C=O) groups excluding carboxylic acids is 1. The summed E-state index contributed by atoms with van der Waals surface area (Å²) in [4.78, 5) is 16.4. The smallest absolute Gasteiger partial charge is 0.409 e. The van der Waals surface area contributed by atoms with Crippen molar-refractivity contribution in [1.82, 2.24) is 9.80 Å². The summed E-state index contributed by atoms with van der Waals surface area (Å²) >= 11 is 0. The molecule has 1 fully saturated rings. The summed E-state index contributed by atoms with van der Waals surface area (Å²) in [6, 6.07) is 8.95. The molecule has 0 saturated carbocycles. The maximum Gasteiger partial charge on any atom is 0.409 e. The lowest BCUT2D eigenvalue weighted by Crippen LogP contribution is -2.56. The molecule has 2 aliphatic rings. The predicted molar refractivity (Wildman–Crippen MR) is 82.4 cm³/mol. The average Bonchev–Trinajstić information content (AvgIpc) is 2.47. The minimum absolute atomic E-state index is 0.166. The number of hydrogen-bond acceptors (Lipinski definition) is 3. The molecule has 4 heteroatoms. The number of piperazine rings is 1. The van der Waals surface area contributed by atoms with Crippen molar-refractivity contribution in [2.24, 2.45) is 0 Å².